The molecule has 0 bridgehead atoms. The Balaban J connectivity index is 1.59. The second-order valence-electron chi connectivity index (χ2n) is 6.99. The van der Waals surface area contributed by atoms with Crippen LogP contribution in [0.4, 0.5) is 5.13 Å². The lowest BCUT2D eigenvalue weighted by Crippen LogP contribution is -2.13. The normalized spacial score (nSPS) is 15.5. The molecule has 154 valence electrons. The predicted molar refractivity (Wildman–Crippen MR) is 121 cm³/mol. The van der Waals surface area contributed by atoms with Crippen LogP contribution in [-0.2, 0) is 16.4 Å². The fourth-order valence-corrected chi connectivity index (χ4v) is 5.40. The van der Waals surface area contributed by atoms with Crippen molar-refractivity contribution in [2.75, 3.05) is 4.72 Å². The van der Waals surface area contributed by atoms with Crippen molar-refractivity contribution in [2.24, 2.45) is 5.92 Å². The summed E-state index contributed by atoms with van der Waals surface area (Å²) >= 11 is 7.23. The number of ketones is 1. The number of nitrogens with zero attached hydrogens (tertiary/aromatic N) is 1. The SMILES string of the molecule is CCCc1cc(S(=O)(=O)Nc2nccs2)ccc1C1=C[C@@H]1C(=O)c1cccc(Cl)c1. The summed E-state index contributed by atoms with van der Waals surface area (Å²) in [5, 5.41) is 2.56. The second kappa shape index (κ2) is 8.34. The van der Waals surface area contributed by atoms with E-state index in [0.29, 0.717) is 22.1 Å². The van der Waals surface area contributed by atoms with Gasteiger partial charge in [-0.15, -0.1) is 11.3 Å². The average molecular weight is 459 g/mol. The minimum atomic E-state index is -3.73. The van der Waals surface area contributed by atoms with E-state index in [1.807, 2.05) is 13.0 Å². The largest absolute Gasteiger partial charge is 0.293 e. The summed E-state index contributed by atoms with van der Waals surface area (Å²) in [6.45, 7) is 2.04. The van der Waals surface area contributed by atoms with Crippen molar-refractivity contribution in [3.8, 4) is 0 Å². The lowest BCUT2D eigenvalue weighted by Gasteiger charge is -2.12. The Morgan fingerprint density at radius 2 is 2.07 bits per heavy atom. The van der Waals surface area contributed by atoms with Gasteiger partial charge in [0.2, 0.25) is 0 Å². The molecule has 3 aromatic rings. The van der Waals surface area contributed by atoms with Crippen LogP contribution in [0.1, 0.15) is 34.8 Å². The topological polar surface area (TPSA) is 76.1 Å². The Labute approximate surface area is 184 Å². The smallest absolute Gasteiger partial charge is 0.263 e. The van der Waals surface area contributed by atoms with Crippen LogP contribution in [0.5, 0.6) is 0 Å². The summed E-state index contributed by atoms with van der Waals surface area (Å²) in [6, 6.07) is 12.0. The van der Waals surface area contributed by atoms with Gasteiger partial charge in [0, 0.05) is 22.2 Å². The highest BCUT2D eigenvalue weighted by atomic mass is 35.5. The van der Waals surface area contributed by atoms with Crippen molar-refractivity contribution >= 4 is 49.4 Å². The molecule has 0 radical (unpaired) electrons. The van der Waals surface area contributed by atoms with Gasteiger partial charge in [0.25, 0.3) is 10.0 Å². The number of Topliss-reactive ketones (excluding diaryl/α,β-unsaturated/α-hetero) is 1. The van der Waals surface area contributed by atoms with E-state index in [4.69, 9.17) is 11.6 Å². The highest BCUT2D eigenvalue weighted by Crippen LogP contribution is 2.43. The molecule has 0 aliphatic heterocycles. The van der Waals surface area contributed by atoms with Crippen molar-refractivity contribution in [1.29, 1.82) is 0 Å². The summed E-state index contributed by atoms with van der Waals surface area (Å²) in [5.41, 5.74) is 3.33. The number of thiazole rings is 1. The fourth-order valence-electron chi connectivity index (χ4n) is 3.37. The zero-order valence-corrected chi connectivity index (χ0v) is 18.5. The quantitative estimate of drug-likeness (QED) is 0.455. The number of hydrogen-bond acceptors (Lipinski definition) is 5. The van der Waals surface area contributed by atoms with Gasteiger partial charge in [-0.3, -0.25) is 9.52 Å². The van der Waals surface area contributed by atoms with E-state index in [0.717, 1.165) is 23.1 Å². The molecule has 1 aliphatic carbocycles. The number of nitrogens with one attached hydrogen (secondary N) is 1. The number of carbonyl (C=O) groups is 1. The molecule has 30 heavy (non-hydrogen) atoms. The molecule has 0 amide bonds. The van der Waals surface area contributed by atoms with Gasteiger partial charge in [-0.25, -0.2) is 13.4 Å². The Hall–Kier alpha value is -2.48. The molecule has 8 heteroatoms. The molecule has 0 spiro atoms. The number of sulfonamides is 1. The van der Waals surface area contributed by atoms with Gasteiger partial charge < -0.3 is 0 Å². The maximum absolute atomic E-state index is 12.8. The van der Waals surface area contributed by atoms with E-state index in [2.05, 4.69) is 9.71 Å². The van der Waals surface area contributed by atoms with Gasteiger partial charge in [0.1, 0.15) is 0 Å². The standard InChI is InChI=1S/C22H19ClN2O3S2/c1-2-4-14-12-17(30(27,28)25-22-24-9-10-29-22)7-8-18(14)19-13-20(19)21(26)15-5-3-6-16(23)11-15/h3,5-13,20H,2,4H2,1H3,(H,24,25)/t20-/m0/s1. The van der Waals surface area contributed by atoms with Crippen molar-refractivity contribution in [3.63, 3.8) is 0 Å². The van der Waals surface area contributed by atoms with Gasteiger partial charge >= 0.3 is 0 Å². The number of aryl methyl sites for hydroxylation is 1. The molecule has 1 aromatic heterocycles. The minimum Gasteiger partial charge on any atom is -0.293 e. The van der Waals surface area contributed by atoms with E-state index < -0.39 is 10.0 Å². The van der Waals surface area contributed by atoms with Crippen LogP contribution in [0, 0.1) is 5.92 Å². The molecule has 0 saturated heterocycles. The summed E-state index contributed by atoms with van der Waals surface area (Å²) < 4.78 is 27.9. The molecule has 5 nitrogen and oxygen atoms in total. The van der Waals surface area contributed by atoms with Crippen molar-refractivity contribution < 1.29 is 13.2 Å². The number of carbonyl (C=O) groups excluding carboxylic acids is 1. The Bertz CT molecular complexity index is 1240. The molecule has 0 saturated carbocycles. The van der Waals surface area contributed by atoms with Crippen molar-refractivity contribution in [3.05, 3.63) is 81.8 Å². The summed E-state index contributed by atoms with van der Waals surface area (Å²) in [7, 11) is -3.73. The van der Waals surface area contributed by atoms with Gasteiger partial charge in [-0.05, 0) is 47.4 Å². The Kier molecular flexibility index (Phi) is 5.77. The molecule has 1 N–H and O–H groups in total. The number of rotatable bonds is 8. The van der Waals surface area contributed by atoms with Crippen LogP contribution in [0.15, 0.2) is 65.0 Å². The van der Waals surface area contributed by atoms with Crippen LogP contribution in [0.2, 0.25) is 5.02 Å². The fraction of sp³-hybridized carbons (Fsp3) is 0.182. The molecule has 1 heterocycles. The third-order valence-corrected chi connectivity index (χ3v) is 7.22. The number of aromatic nitrogens is 1. The molecular weight excluding hydrogens is 440 g/mol. The Morgan fingerprint density at radius 1 is 1.23 bits per heavy atom. The number of benzene rings is 2. The first kappa shape index (κ1) is 20.8. The zero-order valence-electron chi connectivity index (χ0n) is 16.1. The van der Waals surface area contributed by atoms with Gasteiger partial charge in [-0.2, -0.15) is 0 Å². The second-order valence-corrected chi connectivity index (χ2v) is 10.00. The number of allylic oxidation sites excluding steroid dienone is 2. The van der Waals surface area contributed by atoms with Gasteiger partial charge in [-0.1, -0.05) is 49.2 Å². The maximum Gasteiger partial charge on any atom is 0.263 e. The third kappa shape index (κ3) is 4.33. The predicted octanol–water partition coefficient (Wildman–Crippen LogP) is 5.45. The maximum atomic E-state index is 12.8. The van der Waals surface area contributed by atoms with Gasteiger partial charge in [0.05, 0.1) is 10.8 Å². The first-order valence-electron chi connectivity index (χ1n) is 9.46. The van der Waals surface area contributed by atoms with Crippen LogP contribution < -0.4 is 4.72 Å². The zero-order chi connectivity index (χ0) is 21.3. The first-order chi connectivity index (χ1) is 14.4. The number of anilines is 1. The highest BCUT2D eigenvalue weighted by Gasteiger charge is 2.35. The minimum absolute atomic E-state index is 0.00270. The van der Waals surface area contributed by atoms with Crippen LogP contribution >= 0.6 is 22.9 Å². The highest BCUT2D eigenvalue weighted by molar-refractivity contribution is 7.93. The molecule has 1 aliphatic rings. The average Bonchev–Trinajstić information content (AvgIpc) is 3.35. The Morgan fingerprint density at radius 3 is 2.77 bits per heavy atom. The number of hydrogen-bond donors (Lipinski definition) is 1. The van der Waals surface area contributed by atoms with Crippen LogP contribution in [0.3, 0.4) is 0 Å². The van der Waals surface area contributed by atoms with Crippen LogP contribution in [0.25, 0.3) is 5.57 Å². The number of halogens is 1. The van der Waals surface area contributed by atoms with E-state index in [1.54, 1.807) is 54.0 Å². The molecule has 0 fully saturated rings. The first-order valence-corrected chi connectivity index (χ1v) is 12.2. The molecule has 2 aromatic carbocycles. The van der Waals surface area contributed by atoms with E-state index in [-0.39, 0.29) is 16.6 Å². The summed E-state index contributed by atoms with van der Waals surface area (Å²) in [6.07, 6.45) is 5.03. The lowest BCUT2D eigenvalue weighted by molar-refractivity contribution is 0.0979. The summed E-state index contributed by atoms with van der Waals surface area (Å²) in [4.78, 5) is 17.0. The van der Waals surface area contributed by atoms with Crippen LogP contribution in [-0.4, -0.2) is 19.2 Å². The van der Waals surface area contributed by atoms with E-state index in [9.17, 15) is 13.2 Å². The van der Waals surface area contributed by atoms with Crippen molar-refractivity contribution in [1.82, 2.24) is 4.98 Å². The summed E-state index contributed by atoms with van der Waals surface area (Å²) in [5.74, 6) is -0.299. The lowest BCUT2D eigenvalue weighted by atomic mass is 9.96. The molecular formula is C22H19ClN2O3S2. The van der Waals surface area contributed by atoms with Crippen molar-refractivity contribution in [2.45, 2.75) is 24.7 Å². The third-order valence-electron chi connectivity index (χ3n) is 4.84. The van der Waals surface area contributed by atoms with E-state index >= 15 is 0 Å². The van der Waals surface area contributed by atoms with Gasteiger partial charge in [0.15, 0.2) is 10.9 Å². The monoisotopic (exact) mass is 458 g/mol. The molecule has 1 atom stereocenters. The molecule has 0 unspecified atom stereocenters. The van der Waals surface area contributed by atoms with E-state index in [1.165, 1.54) is 11.3 Å². The molecule has 4 rings (SSSR count).